The molecular weight excluding hydrogens is 160 g/mol. The van der Waals surface area contributed by atoms with Crippen molar-refractivity contribution >= 4 is 5.78 Å². The summed E-state index contributed by atoms with van der Waals surface area (Å²) in [5, 5.41) is 0. The highest BCUT2D eigenvalue weighted by Crippen LogP contribution is 2.49. The summed E-state index contributed by atoms with van der Waals surface area (Å²) >= 11 is 0. The van der Waals surface area contributed by atoms with Crippen LogP contribution >= 0.6 is 0 Å². The maximum Gasteiger partial charge on any atom is 0.178 e. The van der Waals surface area contributed by atoms with Crippen molar-refractivity contribution in [2.75, 3.05) is 0 Å². The molecule has 1 spiro atoms. The van der Waals surface area contributed by atoms with E-state index in [2.05, 4.69) is 6.58 Å². The van der Waals surface area contributed by atoms with Crippen molar-refractivity contribution in [3.63, 3.8) is 0 Å². The zero-order valence-corrected chi connectivity index (χ0v) is 7.97. The van der Waals surface area contributed by atoms with Gasteiger partial charge in [-0.1, -0.05) is 23.8 Å². The van der Waals surface area contributed by atoms with Gasteiger partial charge < -0.3 is 0 Å². The molecule has 0 aliphatic heterocycles. The molecule has 1 atom stereocenters. The number of rotatable bonds is 0. The molecule has 0 aromatic carbocycles. The summed E-state index contributed by atoms with van der Waals surface area (Å²) in [5.41, 5.74) is 2.47. The molecule has 0 aromatic rings. The van der Waals surface area contributed by atoms with Gasteiger partial charge >= 0.3 is 0 Å². The molecule has 0 amide bonds. The van der Waals surface area contributed by atoms with Crippen molar-refractivity contribution in [1.29, 1.82) is 0 Å². The van der Waals surface area contributed by atoms with Gasteiger partial charge in [0, 0.05) is 5.41 Å². The van der Waals surface area contributed by atoms with Gasteiger partial charge in [-0.2, -0.15) is 0 Å². The molecule has 1 nitrogen and oxygen atoms in total. The second-order valence-corrected chi connectivity index (χ2v) is 3.99. The molecule has 0 heterocycles. The minimum absolute atomic E-state index is 0.0356. The van der Waals surface area contributed by atoms with Gasteiger partial charge in [-0.15, -0.1) is 0 Å². The van der Waals surface area contributed by atoms with E-state index in [1.807, 2.05) is 13.0 Å². The van der Waals surface area contributed by atoms with E-state index < -0.39 is 0 Å². The Hall–Kier alpha value is -1.11. The van der Waals surface area contributed by atoms with Gasteiger partial charge in [0.15, 0.2) is 5.78 Å². The summed E-state index contributed by atoms with van der Waals surface area (Å²) < 4.78 is 0. The van der Waals surface area contributed by atoms with E-state index in [0.29, 0.717) is 0 Å². The maximum atomic E-state index is 11.1. The standard InChI is InChI=1S/C12H14O/c1-9-4-3-6-12(9)7-5-11(13)8-10(12)2/h5,7-8H,1,3-4,6H2,2H3. The average molecular weight is 174 g/mol. The second-order valence-electron chi connectivity index (χ2n) is 3.99. The van der Waals surface area contributed by atoms with Crippen molar-refractivity contribution in [3.8, 4) is 0 Å². The Morgan fingerprint density at radius 3 is 2.85 bits per heavy atom. The van der Waals surface area contributed by atoms with Crippen LogP contribution in [0.2, 0.25) is 0 Å². The van der Waals surface area contributed by atoms with Gasteiger partial charge in [-0.3, -0.25) is 4.79 Å². The lowest BCUT2D eigenvalue weighted by Crippen LogP contribution is -2.20. The predicted molar refractivity (Wildman–Crippen MR) is 53.3 cm³/mol. The molecule has 2 aliphatic rings. The number of hydrogen-bond acceptors (Lipinski definition) is 1. The first-order valence-electron chi connectivity index (χ1n) is 4.75. The van der Waals surface area contributed by atoms with Crippen LogP contribution in [-0.4, -0.2) is 5.78 Å². The van der Waals surface area contributed by atoms with Gasteiger partial charge in [0.25, 0.3) is 0 Å². The summed E-state index contributed by atoms with van der Waals surface area (Å²) in [6.07, 6.45) is 8.89. The number of hydrogen-bond donors (Lipinski definition) is 0. The van der Waals surface area contributed by atoms with Gasteiger partial charge in [-0.25, -0.2) is 0 Å². The predicted octanol–water partition coefficient (Wildman–Crippen LogP) is 2.80. The van der Waals surface area contributed by atoms with Gasteiger partial charge in [-0.05, 0) is 38.3 Å². The van der Waals surface area contributed by atoms with Gasteiger partial charge in [0.05, 0.1) is 0 Å². The third kappa shape index (κ3) is 1.11. The van der Waals surface area contributed by atoms with E-state index in [0.717, 1.165) is 12.8 Å². The Bertz CT molecular complexity index is 333. The molecule has 0 radical (unpaired) electrons. The van der Waals surface area contributed by atoms with E-state index in [-0.39, 0.29) is 11.2 Å². The van der Waals surface area contributed by atoms with Crippen molar-refractivity contribution in [2.45, 2.75) is 26.2 Å². The van der Waals surface area contributed by atoms with E-state index >= 15 is 0 Å². The molecule has 2 rings (SSSR count). The van der Waals surface area contributed by atoms with Crippen LogP contribution in [-0.2, 0) is 4.79 Å². The van der Waals surface area contributed by atoms with Crippen LogP contribution in [0, 0.1) is 5.41 Å². The van der Waals surface area contributed by atoms with Crippen LogP contribution in [0.4, 0.5) is 0 Å². The SMILES string of the molecule is C=C1CCCC12C=CC(=O)C=C2C. The Morgan fingerprint density at radius 1 is 1.54 bits per heavy atom. The lowest BCUT2D eigenvalue weighted by molar-refractivity contribution is -0.110. The highest BCUT2D eigenvalue weighted by molar-refractivity contribution is 6.01. The molecule has 0 bridgehead atoms. The number of ketones is 1. The summed E-state index contributed by atoms with van der Waals surface area (Å²) in [6.45, 7) is 6.14. The highest BCUT2D eigenvalue weighted by Gasteiger charge is 2.37. The molecule has 1 fully saturated rings. The van der Waals surface area contributed by atoms with Crippen molar-refractivity contribution < 1.29 is 4.79 Å². The van der Waals surface area contributed by atoms with E-state index in [9.17, 15) is 4.79 Å². The average Bonchev–Trinajstić information content (AvgIpc) is 2.43. The normalized spacial score (nSPS) is 32.8. The quantitative estimate of drug-likeness (QED) is 0.516. The zero-order chi connectivity index (χ0) is 9.47. The fourth-order valence-corrected chi connectivity index (χ4v) is 2.40. The zero-order valence-electron chi connectivity index (χ0n) is 7.97. The Labute approximate surface area is 78.8 Å². The molecule has 2 aliphatic carbocycles. The summed E-state index contributed by atoms with van der Waals surface area (Å²) in [7, 11) is 0. The largest absolute Gasteiger partial charge is 0.290 e. The monoisotopic (exact) mass is 174 g/mol. The lowest BCUT2D eigenvalue weighted by atomic mass is 9.73. The summed E-state index contributed by atoms with van der Waals surface area (Å²) in [5.74, 6) is 0.114. The first-order valence-corrected chi connectivity index (χ1v) is 4.75. The molecule has 68 valence electrons. The number of carbonyl (C=O) groups excluding carboxylic acids is 1. The van der Waals surface area contributed by atoms with Crippen LogP contribution in [0.15, 0.2) is 36.0 Å². The van der Waals surface area contributed by atoms with Crippen LogP contribution in [0.25, 0.3) is 0 Å². The molecule has 13 heavy (non-hydrogen) atoms. The van der Waals surface area contributed by atoms with E-state index in [4.69, 9.17) is 0 Å². The van der Waals surface area contributed by atoms with Crippen molar-refractivity contribution in [3.05, 3.63) is 36.0 Å². The molecule has 0 saturated heterocycles. The summed E-state index contributed by atoms with van der Waals surface area (Å²) in [4.78, 5) is 11.1. The Kier molecular flexibility index (Phi) is 1.76. The Balaban J connectivity index is 2.44. The van der Waals surface area contributed by atoms with E-state index in [1.165, 1.54) is 17.6 Å². The molecule has 1 saturated carbocycles. The van der Waals surface area contributed by atoms with Crippen molar-refractivity contribution in [2.24, 2.45) is 5.41 Å². The summed E-state index contributed by atoms with van der Waals surface area (Å²) in [6, 6.07) is 0. The lowest BCUT2D eigenvalue weighted by Gasteiger charge is -2.30. The van der Waals surface area contributed by atoms with Crippen LogP contribution < -0.4 is 0 Å². The smallest absolute Gasteiger partial charge is 0.178 e. The fourth-order valence-electron chi connectivity index (χ4n) is 2.40. The van der Waals surface area contributed by atoms with Crippen LogP contribution in [0.3, 0.4) is 0 Å². The molecular formula is C12H14O. The molecule has 0 aromatic heterocycles. The van der Waals surface area contributed by atoms with Crippen LogP contribution in [0.5, 0.6) is 0 Å². The minimum atomic E-state index is 0.0356. The topological polar surface area (TPSA) is 17.1 Å². The van der Waals surface area contributed by atoms with E-state index in [1.54, 1.807) is 12.2 Å². The van der Waals surface area contributed by atoms with Gasteiger partial charge in [0.1, 0.15) is 0 Å². The van der Waals surface area contributed by atoms with Crippen molar-refractivity contribution in [1.82, 2.24) is 0 Å². The molecule has 1 unspecified atom stereocenters. The highest BCUT2D eigenvalue weighted by atomic mass is 16.1. The third-order valence-corrected chi connectivity index (χ3v) is 3.28. The minimum Gasteiger partial charge on any atom is -0.290 e. The van der Waals surface area contributed by atoms with Gasteiger partial charge in [0.2, 0.25) is 0 Å². The third-order valence-electron chi connectivity index (χ3n) is 3.28. The second kappa shape index (κ2) is 2.69. The number of carbonyl (C=O) groups is 1. The van der Waals surface area contributed by atoms with Crippen LogP contribution in [0.1, 0.15) is 26.2 Å². The Morgan fingerprint density at radius 2 is 2.31 bits per heavy atom. The molecule has 0 N–H and O–H groups in total. The number of allylic oxidation sites excluding steroid dienone is 5. The first kappa shape index (κ1) is 8.49. The maximum absolute atomic E-state index is 11.1. The fraction of sp³-hybridized carbons (Fsp3) is 0.417. The molecule has 1 heteroatoms. The first-order chi connectivity index (χ1) is 6.15.